The van der Waals surface area contributed by atoms with E-state index < -0.39 is 5.97 Å². The fraction of sp³-hybridized carbons (Fsp3) is 0.111. The van der Waals surface area contributed by atoms with Gasteiger partial charge >= 0.3 is 5.97 Å². The molecule has 0 unspecified atom stereocenters. The third-order valence-electron chi connectivity index (χ3n) is 1.53. The van der Waals surface area contributed by atoms with Gasteiger partial charge in [0.2, 0.25) is 0 Å². The zero-order valence-electron chi connectivity index (χ0n) is 7.08. The number of esters is 1. The van der Waals surface area contributed by atoms with E-state index in [0.29, 0.717) is 16.3 Å². The normalized spacial score (nSPS) is 9.38. The Morgan fingerprint density at radius 2 is 2.46 bits per heavy atom. The number of aromatic nitrogens is 1. The average Bonchev–Trinajstić information content (AvgIpc) is 2.16. The van der Waals surface area contributed by atoms with E-state index in [1.807, 2.05) is 0 Å². The zero-order chi connectivity index (χ0) is 9.84. The molecule has 0 aromatic carbocycles. The fourth-order valence-electron chi connectivity index (χ4n) is 0.893. The van der Waals surface area contributed by atoms with Gasteiger partial charge < -0.3 is 4.74 Å². The number of carbonyl (C=O) groups is 1. The molecule has 0 atom stereocenters. The summed E-state index contributed by atoms with van der Waals surface area (Å²) in [5.74, 6) is -0.445. The van der Waals surface area contributed by atoms with Crippen molar-refractivity contribution in [3.8, 4) is 0 Å². The molecule has 0 amide bonds. The minimum Gasteiger partial charge on any atom is -0.465 e. The van der Waals surface area contributed by atoms with Gasteiger partial charge in [0, 0.05) is 6.20 Å². The molecule has 0 saturated carbocycles. The second kappa shape index (κ2) is 4.05. The zero-order valence-corrected chi connectivity index (χ0v) is 7.84. The summed E-state index contributed by atoms with van der Waals surface area (Å²) in [7, 11) is 1.31. The van der Waals surface area contributed by atoms with E-state index in [2.05, 4.69) is 16.3 Å². The molecule has 1 rings (SSSR count). The first-order chi connectivity index (χ1) is 6.19. The van der Waals surface area contributed by atoms with E-state index in [9.17, 15) is 4.79 Å². The summed E-state index contributed by atoms with van der Waals surface area (Å²) in [4.78, 5) is 14.9. The Kier molecular flexibility index (Phi) is 3.03. The highest BCUT2D eigenvalue weighted by molar-refractivity contribution is 6.29. The van der Waals surface area contributed by atoms with Crippen LogP contribution in [-0.2, 0) is 4.74 Å². The van der Waals surface area contributed by atoms with Crippen LogP contribution in [0.2, 0.25) is 5.15 Å². The fourth-order valence-corrected chi connectivity index (χ4v) is 1.06. The number of ether oxygens (including phenoxy) is 1. The van der Waals surface area contributed by atoms with E-state index in [0.717, 1.165) is 0 Å². The van der Waals surface area contributed by atoms with Crippen molar-refractivity contribution < 1.29 is 9.53 Å². The van der Waals surface area contributed by atoms with Gasteiger partial charge in [-0.15, -0.1) is 0 Å². The van der Waals surface area contributed by atoms with Gasteiger partial charge in [-0.25, -0.2) is 9.78 Å². The highest BCUT2D eigenvalue weighted by Gasteiger charge is 2.10. The van der Waals surface area contributed by atoms with Gasteiger partial charge in [0.1, 0.15) is 5.15 Å². The lowest BCUT2D eigenvalue weighted by Crippen LogP contribution is -2.04. The predicted octanol–water partition coefficient (Wildman–Crippen LogP) is 2.16. The molecule has 68 valence electrons. The lowest BCUT2D eigenvalue weighted by atomic mass is 10.1. The standard InChI is InChI=1S/C9H8ClNO2/c1-3-6-4-8(10)11-5-7(6)9(12)13-2/h3-5H,1H2,2H3. The summed E-state index contributed by atoms with van der Waals surface area (Å²) >= 11 is 5.63. The van der Waals surface area contributed by atoms with Crippen LogP contribution in [0, 0.1) is 0 Å². The number of hydrogen-bond donors (Lipinski definition) is 0. The molecule has 13 heavy (non-hydrogen) atoms. The maximum atomic E-state index is 11.2. The third-order valence-corrected chi connectivity index (χ3v) is 1.73. The Balaban J connectivity index is 3.20. The monoisotopic (exact) mass is 197 g/mol. The van der Waals surface area contributed by atoms with Crippen molar-refractivity contribution in [3.63, 3.8) is 0 Å². The first kappa shape index (κ1) is 9.74. The topological polar surface area (TPSA) is 39.2 Å². The lowest BCUT2D eigenvalue weighted by Gasteiger charge is -2.02. The van der Waals surface area contributed by atoms with E-state index in [-0.39, 0.29) is 0 Å². The van der Waals surface area contributed by atoms with E-state index in [1.165, 1.54) is 19.4 Å². The van der Waals surface area contributed by atoms with Crippen LogP contribution < -0.4 is 0 Å². The summed E-state index contributed by atoms with van der Waals surface area (Å²) in [6.45, 7) is 3.56. The van der Waals surface area contributed by atoms with Crippen molar-refractivity contribution in [3.05, 3.63) is 35.1 Å². The van der Waals surface area contributed by atoms with Crippen LogP contribution in [-0.4, -0.2) is 18.1 Å². The SMILES string of the molecule is C=Cc1cc(Cl)ncc1C(=O)OC. The summed E-state index contributed by atoms with van der Waals surface area (Å²) in [6, 6.07) is 1.56. The maximum Gasteiger partial charge on any atom is 0.340 e. The van der Waals surface area contributed by atoms with E-state index in [1.54, 1.807) is 6.07 Å². The molecule has 0 fully saturated rings. The Hall–Kier alpha value is -1.35. The van der Waals surface area contributed by atoms with Crippen molar-refractivity contribution in [1.82, 2.24) is 4.98 Å². The first-order valence-corrected chi connectivity index (χ1v) is 3.93. The molecular weight excluding hydrogens is 190 g/mol. The summed E-state index contributed by atoms with van der Waals surface area (Å²) in [5.41, 5.74) is 0.980. The predicted molar refractivity (Wildman–Crippen MR) is 50.7 cm³/mol. The minimum absolute atomic E-state index is 0.322. The number of nitrogens with zero attached hydrogens (tertiary/aromatic N) is 1. The highest BCUT2D eigenvalue weighted by Crippen LogP contribution is 2.14. The van der Waals surface area contributed by atoms with Gasteiger partial charge in [-0.2, -0.15) is 0 Å². The number of methoxy groups -OCH3 is 1. The van der Waals surface area contributed by atoms with E-state index >= 15 is 0 Å². The molecule has 0 bridgehead atoms. The largest absolute Gasteiger partial charge is 0.465 e. The molecular formula is C9H8ClNO2. The van der Waals surface area contributed by atoms with Gasteiger partial charge in [0.15, 0.2) is 0 Å². The van der Waals surface area contributed by atoms with Crippen LogP contribution in [0.1, 0.15) is 15.9 Å². The van der Waals surface area contributed by atoms with Crippen molar-refractivity contribution in [1.29, 1.82) is 0 Å². The number of carbonyl (C=O) groups excluding carboxylic acids is 1. The molecule has 0 N–H and O–H groups in total. The van der Waals surface area contributed by atoms with Crippen LogP contribution >= 0.6 is 11.6 Å². The van der Waals surface area contributed by atoms with Crippen LogP contribution in [0.5, 0.6) is 0 Å². The van der Waals surface area contributed by atoms with Crippen LogP contribution in [0.4, 0.5) is 0 Å². The number of hydrogen-bond acceptors (Lipinski definition) is 3. The first-order valence-electron chi connectivity index (χ1n) is 3.55. The number of pyridine rings is 1. The molecule has 1 heterocycles. The van der Waals surface area contributed by atoms with Gasteiger partial charge in [-0.05, 0) is 11.6 Å². The van der Waals surface area contributed by atoms with Gasteiger partial charge in [0.25, 0.3) is 0 Å². The summed E-state index contributed by atoms with van der Waals surface area (Å²) < 4.78 is 4.55. The second-order valence-corrected chi connectivity index (χ2v) is 2.68. The molecule has 0 spiro atoms. The molecule has 0 radical (unpaired) electrons. The van der Waals surface area contributed by atoms with Crippen molar-refractivity contribution in [2.45, 2.75) is 0 Å². The van der Waals surface area contributed by atoms with Crippen molar-refractivity contribution in [2.24, 2.45) is 0 Å². The molecule has 4 heteroatoms. The van der Waals surface area contributed by atoms with Gasteiger partial charge in [0.05, 0.1) is 12.7 Å². The quantitative estimate of drug-likeness (QED) is 0.539. The van der Waals surface area contributed by atoms with Crippen molar-refractivity contribution in [2.75, 3.05) is 7.11 Å². The molecule has 3 nitrogen and oxygen atoms in total. The lowest BCUT2D eigenvalue weighted by molar-refractivity contribution is 0.0600. The van der Waals surface area contributed by atoms with Crippen molar-refractivity contribution >= 4 is 23.6 Å². The Morgan fingerprint density at radius 1 is 1.77 bits per heavy atom. The summed E-state index contributed by atoms with van der Waals surface area (Å²) in [5, 5.41) is 0.322. The molecule has 1 aromatic heterocycles. The van der Waals surface area contributed by atoms with Gasteiger partial charge in [-0.1, -0.05) is 24.3 Å². The Labute approximate surface area is 81.0 Å². The Morgan fingerprint density at radius 3 is 3.00 bits per heavy atom. The van der Waals surface area contributed by atoms with E-state index in [4.69, 9.17) is 11.6 Å². The molecule has 0 aliphatic rings. The van der Waals surface area contributed by atoms with Crippen LogP contribution in [0.25, 0.3) is 6.08 Å². The second-order valence-electron chi connectivity index (χ2n) is 2.29. The third kappa shape index (κ3) is 2.06. The average molecular weight is 198 g/mol. The number of halogens is 1. The molecule has 1 aromatic rings. The van der Waals surface area contributed by atoms with Gasteiger partial charge in [-0.3, -0.25) is 0 Å². The summed E-state index contributed by atoms with van der Waals surface area (Å²) in [6.07, 6.45) is 2.89. The molecule has 0 aliphatic carbocycles. The number of rotatable bonds is 2. The van der Waals surface area contributed by atoms with Crippen LogP contribution in [0.15, 0.2) is 18.8 Å². The molecule has 0 aliphatic heterocycles. The van der Waals surface area contributed by atoms with Crippen LogP contribution in [0.3, 0.4) is 0 Å². The Bertz CT molecular complexity index is 349. The molecule has 0 saturated heterocycles. The smallest absolute Gasteiger partial charge is 0.340 e. The maximum absolute atomic E-state index is 11.2. The minimum atomic E-state index is -0.445. The highest BCUT2D eigenvalue weighted by atomic mass is 35.5.